The number of fused-ring (bicyclic) bond motifs is 1. The van der Waals surface area contributed by atoms with Crippen LogP contribution in [0.15, 0.2) is 66.7 Å². The number of alkyl halides is 3. The van der Waals surface area contributed by atoms with Crippen LogP contribution in [-0.2, 0) is 17.5 Å². The lowest BCUT2D eigenvalue weighted by Gasteiger charge is -2.33. The number of nitrogens with one attached hydrogen (secondary N) is 1. The summed E-state index contributed by atoms with van der Waals surface area (Å²) in [5.74, 6) is -1.08. The lowest BCUT2D eigenvalue weighted by atomic mass is 9.85. The normalized spacial score (nSPS) is 19.8. The van der Waals surface area contributed by atoms with Crippen LogP contribution in [0, 0.1) is 5.92 Å². The van der Waals surface area contributed by atoms with Gasteiger partial charge in [0.15, 0.2) is 0 Å². The van der Waals surface area contributed by atoms with Crippen LogP contribution in [0.25, 0.3) is 11.1 Å². The summed E-state index contributed by atoms with van der Waals surface area (Å²) in [5.41, 5.74) is 4.07. The van der Waals surface area contributed by atoms with E-state index in [2.05, 4.69) is 5.32 Å². The molecule has 1 aliphatic carbocycles. The van der Waals surface area contributed by atoms with Crippen LogP contribution in [0.5, 0.6) is 0 Å². The number of benzene rings is 3. The Hall–Kier alpha value is -3.81. The van der Waals surface area contributed by atoms with Gasteiger partial charge in [0.25, 0.3) is 5.91 Å². The molecule has 1 heterocycles. The highest BCUT2D eigenvalue weighted by Crippen LogP contribution is 2.35. The average Bonchev–Trinajstić information content (AvgIpc) is 3.20. The van der Waals surface area contributed by atoms with E-state index in [0.717, 1.165) is 34.5 Å². The Morgan fingerprint density at radius 2 is 1.44 bits per heavy atom. The zero-order chi connectivity index (χ0) is 25.4. The molecule has 1 aliphatic heterocycles. The number of nitrogens with zero attached hydrogens (tertiary/aromatic N) is 1. The molecule has 0 radical (unpaired) electrons. The third-order valence-electron chi connectivity index (χ3n) is 7.15. The topological polar surface area (TPSA) is 69.6 Å². The predicted molar refractivity (Wildman–Crippen MR) is 130 cm³/mol. The molecule has 1 fully saturated rings. The van der Waals surface area contributed by atoms with Crippen LogP contribution < -0.4 is 5.32 Å². The Labute approximate surface area is 206 Å². The second-order valence-electron chi connectivity index (χ2n) is 9.43. The molecule has 2 aliphatic rings. The van der Waals surface area contributed by atoms with E-state index in [4.69, 9.17) is 0 Å². The van der Waals surface area contributed by atoms with E-state index < -0.39 is 17.7 Å². The summed E-state index contributed by atoms with van der Waals surface area (Å²) in [6, 6.07) is 18.3. The first-order valence-corrected chi connectivity index (χ1v) is 11.9. The summed E-state index contributed by atoms with van der Waals surface area (Å²) < 4.78 is 38.3. The highest BCUT2D eigenvalue weighted by molar-refractivity contribution is 5.99. The first kappa shape index (κ1) is 23.9. The Morgan fingerprint density at radius 1 is 0.861 bits per heavy atom. The van der Waals surface area contributed by atoms with Crippen molar-refractivity contribution < 1.29 is 27.9 Å². The Balaban J connectivity index is 1.26. The summed E-state index contributed by atoms with van der Waals surface area (Å²) in [6.45, 7) is 0.548. The highest BCUT2D eigenvalue weighted by atomic mass is 19.4. The minimum absolute atomic E-state index is 0.00813. The first-order chi connectivity index (χ1) is 17.2. The molecule has 36 heavy (non-hydrogen) atoms. The Kier molecular flexibility index (Phi) is 6.20. The van der Waals surface area contributed by atoms with Crippen molar-refractivity contribution in [2.45, 2.75) is 44.4 Å². The zero-order valence-corrected chi connectivity index (χ0v) is 19.4. The van der Waals surface area contributed by atoms with Crippen LogP contribution in [0.3, 0.4) is 0 Å². The number of rotatable bonds is 5. The lowest BCUT2D eigenvalue weighted by molar-refractivity contribution is -0.143. The molecule has 0 bridgehead atoms. The maximum atomic E-state index is 13.2. The molecular weight excluding hydrogens is 469 g/mol. The molecule has 5 rings (SSSR count). The van der Waals surface area contributed by atoms with E-state index >= 15 is 0 Å². The number of halogens is 3. The SMILES string of the molecule is O=C1c2cc(-c3ccc(Nc4ccc(C(F)(F)F)cc4)cc3)ccc2CN1[C@H]1CC[C@H](C(=O)O)CC1. The van der Waals surface area contributed by atoms with Crippen molar-refractivity contribution in [1.82, 2.24) is 4.90 Å². The molecule has 3 aromatic rings. The van der Waals surface area contributed by atoms with E-state index in [1.54, 1.807) is 0 Å². The van der Waals surface area contributed by atoms with Crippen molar-refractivity contribution >= 4 is 23.3 Å². The molecule has 186 valence electrons. The van der Waals surface area contributed by atoms with Crippen LogP contribution in [0.4, 0.5) is 24.5 Å². The fraction of sp³-hybridized carbons (Fsp3) is 0.286. The van der Waals surface area contributed by atoms with Crippen LogP contribution in [0.1, 0.15) is 47.2 Å². The van der Waals surface area contributed by atoms with Gasteiger partial charge in [0.2, 0.25) is 0 Å². The maximum absolute atomic E-state index is 13.2. The standard InChI is InChI=1S/C28H25F3N2O3/c29-28(30,31)21-7-11-23(12-8-21)32-22-9-3-17(4-10-22)19-1-2-20-16-33(26(34)25(20)15-19)24-13-5-18(6-14-24)27(35)36/h1-4,7-12,15,18,24,32H,5-6,13-14,16H2,(H,35,36)/t18-,24-. The molecule has 0 aromatic heterocycles. The van der Waals surface area contributed by atoms with Gasteiger partial charge in [0.05, 0.1) is 11.5 Å². The lowest BCUT2D eigenvalue weighted by Crippen LogP contribution is -2.39. The first-order valence-electron chi connectivity index (χ1n) is 11.9. The molecule has 1 amide bonds. The van der Waals surface area contributed by atoms with Gasteiger partial charge in [-0.3, -0.25) is 9.59 Å². The summed E-state index contributed by atoms with van der Waals surface area (Å²) in [5, 5.41) is 12.3. The van der Waals surface area contributed by atoms with Gasteiger partial charge >= 0.3 is 12.1 Å². The van der Waals surface area contributed by atoms with E-state index in [1.807, 2.05) is 47.4 Å². The largest absolute Gasteiger partial charge is 0.481 e. The second-order valence-corrected chi connectivity index (χ2v) is 9.43. The number of anilines is 2. The van der Waals surface area contributed by atoms with Gasteiger partial charge in [-0.2, -0.15) is 13.2 Å². The monoisotopic (exact) mass is 494 g/mol. The van der Waals surface area contributed by atoms with Crippen molar-refractivity contribution in [2.75, 3.05) is 5.32 Å². The van der Waals surface area contributed by atoms with Crippen molar-refractivity contribution in [3.63, 3.8) is 0 Å². The molecule has 0 unspecified atom stereocenters. The van der Waals surface area contributed by atoms with Gasteiger partial charge in [0.1, 0.15) is 0 Å². The fourth-order valence-corrected chi connectivity index (χ4v) is 5.09. The molecule has 8 heteroatoms. The van der Waals surface area contributed by atoms with Gasteiger partial charge in [-0.1, -0.05) is 24.3 Å². The Morgan fingerprint density at radius 3 is 2.03 bits per heavy atom. The van der Waals surface area contributed by atoms with Gasteiger partial charge in [-0.05, 0) is 84.8 Å². The molecule has 3 aromatic carbocycles. The number of carboxylic acids is 1. The molecule has 0 spiro atoms. The number of amides is 1. The summed E-state index contributed by atoms with van der Waals surface area (Å²) >= 11 is 0. The van der Waals surface area contributed by atoms with Crippen molar-refractivity contribution in [3.05, 3.63) is 83.4 Å². The van der Waals surface area contributed by atoms with E-state index in [-0.39, 0.29) is 17.9 Å². The highest BCUT2D eigenvalue weighted by Gasteiger charge is 2.36. The Bertz CT molecular complexity index is 1280. The van der Waals surface area contributed by atoms with E-state index in [9.17, 15) is 27.9 Å². The minimum atomic E-state index is -4.37. The van der Waals surface area contributed by atoms with Gasteiger partial charge in [-0.25, -0.2) is 0 Å². The molecule has 5 nitrogen and oxygen atoms in total. The van der Waals surface area contributed by atoms with Gasteiger partial charge in [-0.15, -0.1) is 0 Å². The third-order valence-corrected chi connectivity index (χ3v) is 7.15. The van der Waals surface area contributed by atoms with Gasteiger partial charge in [0, 0.05) is 29.5 Å². The molecule has 0 saturated heterocycles. The molecular formula is C28H25F3N2O3. The van der Waals surface area contributed by atoms with Crippen LogP contribution in [0.2, 0.25) is 0 Å². The number of aliphatic carboxylic acids is 1. The number of carboxylic acid groups (broad SMARTS) is 1. The summed E-state index contributed by atoms with van der Waals surface area (Å²) in [7, 11) is 0. The molecule has 1 saturated carbocycles. The van der Waals surface area contributed by atoms with Crippen LogP contribution in [-0.4, -0.2) is 27.9 Å². The maximum Gasteiger partial charge on any atom is 0.416 e. The third kappa shape index (κ3) is 4.80. The quantitative estimate of drug-likeness (QED) is 0.413. The van der Waals surface area contributed by atoms with Gasteiger partial charge < -0.3 is 15.3 Å². The van der Waals surface area contributed by atoms with E-state index in [1.165, 1.54) is 12.1 Å². The predicted octanol–water partition coefficient (Wildman–Crippen LogP) is 6.72. The fourth-order valence-electron chi connectivity index (χ4n) is 5.09. The van der Waals surface area contributed by atoms with E-state index in [0.29, 0.717) is 43.5 Å². The summed E-state index contributed by atoms with van der Waals surface area (Å²) in [4.78, 5) is 26.3. The average molecular weight is 495 g/mol. The number of hydrogen-bond acceptors (Lipinski definition) is 3. The number of hydrogen-bond donors (Lipinski definition) is 2. The summed E-state index contributed by atoms with van der Waals surface area (Å²) in [6.07, 6.45) is -1.77. The molecule has 2 N–H and O–H groups in total. The van der Waals surface area contributed by atoms with Crippen molar-refractivity contribution in [1.29, 1.82) is 0 Å². The minimum Gasteiger partial charge on any atom is -0.481 e. The second kappa shape index (κ2) is 9.33. The number of carbonyl (C=O) groups excluding carboxylic acids is 1. The smallest absolute Gasteiger partial charge is 0.416 e. The molecule has 0 atom stereocenters. The van der Waals surface area contributed by atoms with Crippen molar-refractivity contribution in [3.8, 4) is 11.1 Å². The van der Waals surface area contributed by atoms with Crippen molar-refractivity contribution in [2.24, 2.45) is 5.92 Å². The number of carbonyl (C=O) groups is 2. The zero-order valence-electron chi connectivity index (χ0n) is 19.4. The van der Waals surface area contributed by atoms with Crippen LogP contribution >= 0.6 is 0 Å².